The summed E-state index contributed by atoms with van der Waals surface area (Å²) in [5, 5.41) is 2.90. The van der Waals surface area contributed by atoms with Gasteiger partial charge in [-0.25, -0.2) is 27.6 Å². The van der Waals surface area contributed by atoms with Crippen LogP contribution in [0.2, 0.25) is 0 Å². The Hall–Kier alpha value is -3.03. The molecule has 13 heteroatoms. The average Bonchev–Trinajstić information content (AvgIpc) is 2.83. The summed E-state index contributed by atoms with van der Waals surface area (Å²) in [6.45, 7) is 6.05. The van der Waals surface area contributed by atoms with Crippen molar-refractivity contribution in [3.8, 4) is 5.88 Å². The summed E-state index contributed by atoms with van der Waals surface area (Å²) in [6, 6.07) is 3.27. The van der Waals surface area contributed by atoms with E-state index in [0.717, 1.165) is 12.3 Å². The van der Waals surface area contributed by atoms with Crippen molar-refractivity contribution in [1.29, 1.82) is 0 Å². The molecule has 1 aromatic heterocycles. The van der Waals surface area contributed by atoms with Gasteiger partial charge in [0.1, 0.15) is 30.7 Å². The normalized spacial score (nSPS) is 24.3. The number of carbonyl (C=O) groups excluding carboxylic acids is 1. The molecular weight excluding hydrogens is 519 g/mol. The number of ether oxygens (including phenoxy) is 4. The first-order valence-electron chi connectivity index (χ1n) is 12.4. The molecule has 0 saturated carbocycles. The second-order valence-corrected chi connectivity index (χ2v) is 12.5. The molecule has 206 valence electrons. The van der Waals surface area contributed by atoms with E-state index >= 15 is 0 Å². The summed E-state index contributed by atoms with van der Waals surface area (Å²) in [4.78, 5) is 23.0. The van der Waals surface area contributed by atoms with Crippen molar-refractivity contribution >= 4 is 27.4 Å². The van der Waals surface area contributed by atoms with Crippen molar-refractivity contribution in [3.63, 3.8) is 0 Å². The molecule has 3 fully saturated rings. The van der Waals surface area contributed by atoms with Crippen LogP contribution >= 0.6 is 0 Å². The smallest absolute Gasteiger partial charge is 0.410 e. The number of carbonyl (C=O) groups is 1. The lowest BCUT2D eigenvalue weighted by molar-refractivity contribution is -0.136. The van der Waals surface area contributed by atoms with Crippen molar-refractivity contribution < 1.29 is 36.6 Å². The molecule has 11 nitrogen and oxygen atoms in total. The number of halogens is 1. The van der Waals surface area contributed by atoms with Gasteiger partial charge >= 0.3 is 6.09 Å². The van der Waals surface area contributed by atoms with Crippen LogP contribution < -0.4 is 10.1 Å². The standard InChI is InChI=1S/C25H31FN4O7S/c1-15-22(29-21-5-4-19(8-20(21)26)38(3,32)33)27-14-28-23(15)37-18-6-16-9-34-10-17(7-18)30(16)24(31)36-13-25(2)11-35-12-25/h4-5,8,14,16-18H,6-7,9-13H2,1-3H3,(H,27,28,29). The molecule has 2 unspecified atom stereocenters. The lowest BCUT2D eigenvalue weighted by Crippen LogP contribution is -2.61. The van der Waals surface area contributed by atoms with Gasteiger partial charge in [0.25, 0.3) is 0 Å². The number of piperidine rings is 1. The number of aromatic nitrogens is 2. The number of morpholine rings is 1. The number of nitrogens with zero attached hydrogens (tertiary/aromatic N) is 3. The molecule has 2 bridgehead atoms. The maximum atomic E-state index is 14.6. The van der Waals surface area contributed by atoms with Crippen LogP contribution in [-0.4, -0.2) is 86.9 Å². The first-order valence-corrected chi connectivity index (χ1v) is 14.3. The quantitative estimate of drug-likeness (QED) is 0.549. The maximum Gasteiger partial charge on any atom is 0.410 e. The van der Waals surface area contributed by atoms with Crippen LogP contribution in [0.5, 0.6) is 5.88 Å². The molecular formula is C25H31FN4O7S. The van der Waals surface area contributed by atoms with Gasteiger partial charge in [-0.2, -0.15) is 0 Å². The first-order chi connectivity index (χ1) is 18.0. The fourth-order valence-electron chi connectivity index (χ4n) is 4.90. The van der Waals surface area contributed by atoms with E-state index in [1.54, 1.807) is 11.8 Å². The van der Waals surface area contributed by atoms with E-state index in [4.69, 9.17) is 18.9 Å². The molecule has 3 aliphatic rings. The topological polar surface area (TPSA) is 129 Å². The van der Waals surface area contributed by atoms with Crippen LogP contribution in [-0.2, 0) is 24.0 Å². The number of hydrogen-bond donors (Lipinski definition) is 1. The monoisotopic (exact) mass is 550 g/mol. The van der Waals surface area contributed by atoms with Gasteiger partial charge in [0.15, 0.2) is 9.84 Å². The fourth-order valence-corrected chi connectivity index (χ4v) is 5.53. The van der Waals surface area contributed by atoms with Gasteiger partial charge in [-0.15, -0.1) is 0 Å². The second-order valence-electron chi connectivity index (χ2n) is 10.5. The van der Waals surface area contributed by atoms with Crippen molar-refractivity contribution in [1.82, 2.24) is 14.9 Å². The van der Waals surface area contributed by atoms with E-state index in [0.29, 0.717) is 63.1 Å². The number of nitrogens with one attached hydrogen (secondary N) is 1. The van der Waals surface area contributed by atoms with Gasteiger partial charge in [0, 0.05) is 24.5 Å². The third-order valence-corrected chi connectivity index (χ3v) is 8.18. The minimum Gasteiger partial charge on any atom is -0.474 e. The first kappa shape index (κ1) is 26.6. The number of fused-ring (bicyclic) bond motifs is 2. The molecule has 0 spiro atoms. The number of benzene rings is 1. The molecule has 2 aromatic rings. The van der Waals surface area contributed by atoms with Gasteiger partial charge in [-0.1, -0.05) is 6.92 Å². The molecule has 5 rings (SSSR count). The minimum atomic E-state index is -3.53. The molecule has 0 radical (unpaired) electrons. The largest absolute Gasteiger partial charge is 0.474 e. The van der Waals surface area contributed by atoms with Crippen LogP contribution in [0.1, 0.15) is 25.3 Å². The predicted molar refractivity (Wildman–Crippen MR) is 134 cm³/mol. The Labute approximate surface area is 220 Å². The van der Waals surface area contributed by atoms with E-state index in [2.05, 4.69) is 15.3 Å². The second kappa shape index (κ2) is 10.3. The minimum absolute atomic E-state index is 0.0750. The molecule has 3 saturated heterocycles. The summed E-state index contributed by atoms with van der Waals surface area (Å²) in [5.74, 6) is -0.0491. The zero-order valence-corrected chi connectivity index (χ0v) is 22.3. The van der Waals surface area contributed by atoms with E-state index in [-0.39, 0.29) is 40.3 Å². The zero-order valence-electron chi connectivity index (χ0n) is 21.5. The van der Waals surface area contributed by atoms with Crippen LogP contribution in [0, 0.1) is 18.2 Å². The highest BCUT2D eigenvalue weighted by Gasteiger charge is 2.44. The van der Waals surface area contributed by atoms with E-state index < -0.39 is 15.7 Å². The Kier molecular flexibility index (Phi) is 7.18. The van der Waals surface area contributed by atoms with Gasteiger partial charge in [0.05, 0.1) is 54.7 Å². The molecule has 4 heterocycles. The number of amides is 1. The van der Waals surface area contributed by atoms with Gasteiger partial charge in [-0.05, 0) is 25.1 Å². The van der Waals surface area contributed by atoms with Crippen molar-refractivity contribution in [2.24, 2.45) is 5.41 Å². The van der Waals surface area contributed by atoms with E-state index in [9.17, 15) is 17.6 Å². The Morgan fingerprint density at radius 2 is 1.92 bits per heavy atom. The summed E-state index contributed by atoms with van der Waals surface area (Å²) >= 11 is 0. The van der Waals surface area contributed by atoms with Crippen molar-refractivity contribution in [2.75, 3.05) is 44.6 Å². The average molecular weight is 551 g/mol. The molecule has 1 aromatic carbocycles. The third kappa shape index (κ3) is 5.54. The zero-order chi connectivity index (χ0) is 27.1. The van der Waals surface area contributed by atoms with Crippen molar-refractivity contribution in [3.05, 3.63) is 35.9 Å². The number of rotatable bonds is 7. The number of hydrogen-bond acceptors (Lipinski definition) is 10. The molecule has 1 amide bonds. The highest BCUT2D eigenvalue weighted by atomic mass is 32.2. The summed E-state index contributed by atoms with van der Waals surface area (Å²) in [6.07, 6.45) is 2.85. The summed E-state index contributed by atoms with van der Waals surface area (Å²) in [5.41, 5.74) is 0.516. The molecule has 1 N–H and O–H groups in total. The lowest BCUT2D eigenvalue weighted by atomic mass is 9.90. The fraction of sp³-hybridized carbons (Fsp3) is 0.560. The van der Waals surface area contributed by atoms with Crippen LogP contribution in [0.4, 0.5) is 20.7 Å². The number of anilines is 2. The Morgan fingerprint density at radius 3 is 2.53 bits per heavy atom. The molecule has 0 aliphatic carbocycles. The number of sulfone groups is 1. The Morgan fingerprint density at radius 1 is 1.21 bits per heavy atom. The van der Waals surface area contributed by atoms with Crippen LogP contribution in [0.25, 0.3) is 0 Å². The SMILES string of the molecule is Cc1c(Nc2ccc(S(C)(=O)=O)cc2F)ncnc1OC1CC2COCC(C1)N2C(=O)OCC1(C)COC1. The highest BCUT2D eigenvalue weighted by molar-refractivity contribution is 7.90. The van der Waals surface area contributed by atoms with E-state index in [1.807, 2.05) is 6.92 Å². The maximum absolute atomic E-state index is 14.6. The third-order valence-electron chi connectivity index (χ3n) is 7.07. The Bertz CT molecular complexity index is 1310. The lowest BCUT2D eigenvalue weighted by Gasteiger charge is -2.47. The van der Waals surface area contributed by atoms with Crippen LogP contribution in [0.3, 0.4) is 0 Å². The van der Waals surface area contributed by atoms with E-state index in [1.165, 1.54) is 18.5 Å². The highest BCUT2D eigenvalue weighted by Crippen LogP contribution is 2.34. The summed E-state index contributed by atoms with van der Waals surface area (Å²) < 4.78 is 60.8. The Balaban J connectivity index is 1.25. The molecule has 2 atom stereocenters. The van der Waals surface area contributed by atoms with Gasteiger partial charge < -0.3 is 24.3 Å². The predicted octanol–water partition coefficient (Wildman–Crippen LogP) is 2.85. The molecule has 38 heavy (non-hydrogen) atoms. The summed E-state index contributed by atoms with van der Waals surface area (Å²) in [7, 11) is -3.53. The molecule has 3 aliphatic heterocycles. The van der Waals surface area contributed by atoms with Gasteiger partial charge in [-0.3, -0.25) is 4.90 Å². The van der Waals surface area contributed by atoms with Crippen molar-refractivity contribution in [2.45, 2.75) is 49.8 Å². The van der Waals surface area contributed by atoms with Crippen LogP contribution in [0.15, 0.2) is 29.4 Å². The van der Waals surface area contributed by atoms with Gasteiger partial charge in [0.2, 0.25) is 5.88 Å².